The molecule has 146 valence electrons. The molecule has 0 saturated heterocycles. The van der Waals surface area contributed by atoms with Gasteiger partial charge in [-0.2, -0.15) is 0 Å². The number of nitrogens with zero attached hydrogens (tertiary/aromatic N) is 1. The molecular formula is C21H22N2O5. The number of carbonyl (C=O) groups excluding carboxylic acids is 1. The Balaban J connectivity index is 2.26. The number of ketones is 1. The first kappa shape index (κ1) is 19.4. The number of Topliss-reactive ketones (excluding diaryl/α,β-unsaturated/α-hetero) is 1. The van der Waals surface area contributed by atoms with Crippen LogP contribution in [0, 0.1) is 6.92 Å². The minimum absolute atomic E-state index is 0.0154. The minimum Gasteiger partial charge on any atom is -0.490 e. The molecule has 0 amide bonds. The molecule has 7 nitrogen and oxygen atoms in total. The molecule has 0 aliphatic heterocycles. The summed E-state index contributed by atoms with van der Waals surface area (Å²) in [6, 6.07) is 8.76. The third-order valence-corrected chi connectivity index (χ3v) is 4.78. The zero-order valence-electron chi connectivity index (χ0n) is 16.0. The van der Waals surface area contributed by atoms with Crippen molar-refractivity contribution >= 4 is 22.7 Å². The molecule has 0 fully saturated rings. The summed E-state index contributed by atoms with van der Waals surface area (Å²) in [6.45, 7) is 5.50. The Bertz CT molecular complexity index is 1110. The number of pyridine rings is 1. The summed E-state index contributed by atoms with van der Waals surface area (Å²) in [7, 11) is 0. The smallest absolute Gasteiger partial charge is 0.356 e. The Morgan fingerprint density at radius 1 is 1.18 bits per heavy atom. The predicted molar refractivity (Wildman–Crippen MR) is 106 cm³/mol. The fourth-order valence-corrected chi connectivity index (χ4v) is 3.49. The van der Waals surface area contributed by atoms with Crippen molar-refractivity contribution in [1.82, 2.24) is 9.55 Å². The predicted octanol–water partition coefficient (Wildman–Crippen LogP) is 3.18. The molecule has 2 aromatic heterocycles. The van der Waals surface area contributed by atoms with Crippen LogP contribution in [0.15, 0.2) is 35.1 Å². The summed E-state index contributed by atoms with van der Waals surface area (Å²) in [5.41, 5.74) is 1.76. The molecule has 7 heteroatoms. The van der Waals surface area contributed by atoms with Crippen molar-refractivity contribution in [2.75, 3.05) is 6.61 Å². The Labute approximate surface area is 161 Å². The van der Waals surface area contributed by atoms with Gasteiger partial charge in [-0.05, 0) is 25.8 Å². The first-order valence-corrected chi connectivity index (χ1v) is 9.12. The normalized spacial score (nSPS) is 11.0. The fraction of sp³-hybridized carbons (Fsp3) is 0.286. The van der Waals surface area contributed by atoms with Crippen molar-refractivity contribution in [3.63, 3.8) is 0 Å². The zero-order chi connectivity index (χ0) is 20.4. The lowest BCUT2D eigenvalue weighted by Crippen LogP contribution is -2.28. The van der Waals surface area contributed by atoms with Crippen LogP contribution in [-0.4, -0.2) is 33.0 Å². The summed E-state index contributed by atoms with van der Waals surface area (Å²) in [4.78, 5) is 40.4. The lowest BCUT2D eigenvalue weighted by atomic mass is 10.1. The number of aromatic amines is 1. The second-order valence-corrected chi connectivity index (χ2v) is 6.42. The third kappa shape index (κ3) is 3.19. The largest absolute Gasteiger partial charge is 0.490 e. The van der Waals surface area contributed by atoms with E-state index in [2.05, 4.69) is 4.98 Å². The van der Waals surface area contributed by atoms with E-state index in [0.29, 0.717) is 23.2 Å². The van der Waals surface area contributed by atoms with Crippen LogP contribution < -0.4 is 10.3 Å². The summed E-state index contributed by atoms with van der Waals surface area (Å²) >= 11 is 0. The van der Waals surface area contributed by atoms with Gasteiger partial charge in [0.2, 0.25) is 0 Å². The Kier molecular flexibility index (Phi) is 5.35. The number of aryl methyl sites for hydroxylation is 1. The second-order valence-electron chi connectivity index (χ2n) is 6.42. The van der Waals surface area contributed by atoms with E-state index in [9.17, 15) is 19.5 Å². The highest BCUT2D eigenvalue weighted by atomic mass is 16.5. The molecule has 3 aromatic rings. The topological polar surface area (TPSA) is 101 Å². The number of hydrogen-bond donors (Lipinski definition) is 2. The van der Waals surface area contributed by atoms with E-state index in [4.69, 9.17) is 4.74 Å². The molecule has 0 spiro atoms. The van der Waals surface area contributed by atoms with Crippen LogP contribution in [0.25, 0.3) is 10.9 Å². The van der Waals surface area contributed by atoms with Crippen molar-refractivity contribution < 1.29 is 19.4 Å². The van der Waals surface area contributed by atoms with E-state index in [-0.39, 0.29) is 35.8 Å². The highest BCUT2D eigenvalue weighted by Gasteiger charge is 2.25. The van der Waals surface area contributed by atoms with Crippen molar-refractivity contribution in [3.8, 4) is 5.75 Å². The van der Waals surface area contributed by atoms with Crippen LogP contribution in [0.2, 0.25) is 0 Å². The van der Waals surface area contributed by atoms with E-state index >= 15 is 0 Å². The Hall–Kier alpha value is -3.35. The molecule has 0 bridgehead atoms. The monoisotopic (exact) mass is 382 g/mol. The minimum atomic E-state index is -1.21. The maximum atomic E-state index is 13.3. The number of carbonyl (C=O) groups is 2. The number of ether oxygens (including phenoxy) is 1. The van der Waals surface area contributed by atoms with Crippen LogP contribution in [0.4, 0.5) is 0 Å². The summed E-state index contributed by atoms with van der Waals surface area (Å²) in [5, 5.41) is 9.65. The number of rotatable bonds is 7. The first-order valence-electron chi connectivity index (χ1n) is 9.12. The maximum Gasteiger partial charge on any atom is 0.356 e. The Morgan fingerprint density at radius 2 is 1.86 bits per heavy atom. The van der Waals surface area contributed by atoms with Crippen LogP contribution in [0.3, 0.4) is 0 Å². The van der Waals surface area contributed by atoms with Gasteiger partial charge in [-0.1, -0.05) is 37.3 Å². The average Bonchev–Trinajstić information content (AvgIpc) is 3.07. The van der Waals surface area contributed by atoms with Crippen molar-refractivity contribution in [3.05, 3.63) is 63.2 Å². The molecule has 0 unspecified atom stereocenters. The van der Waals surface area contributed by atoms with Gasteiger partial charge in [0.25, 0.3) is 5.56 Å². The SMILES string of the molecule is CCOc1c(C(=O)O)[nH]c2c(C)c(CC)n(CC(=O)c3ccccc3)c(=O)c12. The maximum absolute atomic E-state index is 13.3. The van der Waals surface area contributed by atoms with Crippen LogP contribution in [0.5, 0.6) is 5.75 Å². The summed E-state index contributed by atoms with van der Waals surface area (Å²) in [5.74, 6) is -1.38. The van der Waals surface area contributed by atoms with Crippen molar-refractivity contribution in [2.24, 2.45) is 0 Å². The highest BCUT2D eigenvalue weighted by molar-refractivity contribution is 6.01. The van der Waals surface area contributed by atoms with Crippen molar-refractivity contribution in [2.45, 2.75) is 33.7 Å². The van der Waals surface area contributed by atoms with Crippen LogP contribution >= 0.6 is 0 Å². The summed E-state index contributed by atoms with van der Waals surface area (Å²) < 4.78 is 6.92. The molecule has 1 aromatic carbocycles. The fourth-order valence-electron chi connectivity index (χ4n) is 3.49. The van der Waals surface area contributed by atoms with Gasteiger partial charge in [-0.25, -0.2) is 4.79 Å². The standard InChI is InChI=1S/C21H22N2O5/c1-4-14-12(3)17-16(19(28-5-2)18(22-17)21(26)27)20(25)23(14)11-15(24)13-9-7-6-8-10-13/h6-10,22H,4-5,11H2,1-3H3,(H,26,27). The van der Waals surface area contributed by atoms with Gasteiger partial charge in [-0.3, -0.25) is 9.59 Å². The second kappa shape index (κ2) is 7.72. The van der Waals surface area contributed by atoms with E-state index in [1.807, 2.05) is 19.9 Å². The number of aromatic carboxylic acids is 1. The molecule has 2 N–H and O–H groups in total. The average molecular weight is 382 g/mol. The molecule has 0 radical (unpaired) electrons. The van der Waals surface area contributed by atoms with E-state index < -0.39 is 11.5 Å². The van der Waals surface area contributed by atoms with Gasteiger partial charge in [0.15, 0.2) is 17.2 Å². The highest BCUT2D eigenvalue weighted by Crippen LogP contribution is 2.31. The van der Waals surface area contributed by atoms with Gasteiger partial charge < -0.3 is 19.4 Å². The molecule has 0 aliphatic carbocycles. The quantitative estimate of drug-likeness (QED) is 0.611. The van der Waals surface area contributed by atoms with E-state index in [1.165, 1.54) is 4.57 Å². The molecular weight excluding hydrogens is 360 g/mol. The third-order valence-electron chi connectivity index (χ3n) is 4.78. The van der Waals surface area contributed by atoms with Crippen LogP contribution in [-0.2, 0) is 13.0 Å². The van der Waals surface area contributed by atoms with Gasteiger partial charge in [0.1, 0.15) is 5.39 Å². The number of hydrogen-bond acceptors (Lipinski definition) is 4. The number of aromatic nitrogens is 2. The zero-order valence-corrected chi connectivity index (χ0v) is 16.0. The Morgan fingerprint density at radius 3 is 2.43 bits per heavy atom. The number of H-pyrrole nitrogens is 1. The number of carboxylic acids is 1. The number of carboxylic acid groups (broad SMARTS) is 1. The lowest BCUT2D eigenvalue weighted by Gasteiger charge is -2.15. The molecule has 0 atom stereocenters. The van der Waals surface area contributed by atoms with Gasteiger partial charge >= 0.3 is 5.97 Å². The molecule has 2 heterocycles. The number of benzene rings is 1. The number of nitrogens with one attached hydrogen (secondary N) is 1. The molecule has 0 aliphatic rings. The first-order chi connectivity index (χ1) is 13.4. The lowest BCUT2D eigenvalue weighted by molar-refractivity contribution is 0.0687. The number of fused-ring (bicyclic) bond motifs is 1. The molecule has 0 saturated carbocycles. The van der Waals surface area contributed by atoms with Gasteiger partial charge in [0, 0.05) is 11.3 Å². The van der Waals surface area contributed by atoms with Gasteiger partial charge in [0.05, 0.1) is 18.7 Å². The van der Waals surface area contributed by atoms with Gasteiger partial charge in [-0.15, -0.1) is 0 Å². The van der Waals surface area contributed by atoms with Crippen molar-refractivity contribution in [1.29, 1.82) is 0 Å². The van der Waals surface area contributed by atoms with Crippen LogP contribution in [0.1, 0.15) is 46.0 Å². The summed E-state index contributed by atoms with van der Waals surface area (Å²) in [6.07, 6.45) is 0.518. The molecule has 3 rings (SSSR count). The van der Waals surface area contributed by atoms with E-state index in [1.54, 1.807) is 31.2 Å². The van der Waals surface area contributed by atoms with E-state index in [0.717, 1.165) is 5.56 Å². The molecule has 28 heavy (non-hydrogen) atoms.